The Kier molecular flexibility index (Phi) is 4.39. The Bertz CT molecular complexity index is 238. The fourth-order valence-corrected chi connectivity index (χ4v) is 0.363. The van der Waals surface area contributed by atoms with Crippen LogP contribution in [0.3, 0.4) is 0 Å². The minimum Gasteiger partial charge on any atom is -0.478 e. The van der Waals surface area contributed by atoms with Crippen LogP contribution in [-0.4, -0.2) is 22.1 Å². The van der Waals surface area contributed by atoms with Crippen molar-refractivity contribution in [1.29, 1.82) is 0 Å². The highest BCUT2D eigenvalue weighted by Gasteiger charge is 1.94. The van der Waals surface area contributed by atoms with Crippen LogP contribution in [0.5, 0.6) is 0 Å². The van der Waals surface area contributed by atoms with Gasteiger partial charge in [-0.25, -0.2) is 4.79 Å². The van der Waals surface area contributed by atoms with Gasteiger partial charge in [0, 0.05) is 12.2 Å². The van der Waals surface area contributed by atoms with Gasteiger partial charge in [-0.3, -0.25) is 15.6 Å². The van der Waals surface area contributed by atoms with Crippen LogP contribution < -0.4 is 16.6 Å². The molecule has 0 spiro atoms. The molecular formula is C5H7N3O3S. The summed E-state index contributed by atoms with van der Waals surface area (Å²) in [6.07, 6.45) is 1.52. The van der Waals surface area contributed by atoms with E-state index in [0.717, 1.165) is 6.08 Å². The van der Waals surface area contributed by atoms with E-state index in [9.17, 15) is 9.59 Å². The van der Waals surface area contributed by atoms with Gasteiger partial charge in [0.1, 0.15) is 0 Å². The number of carboxylic acid groups (broad SMARTS) is 1. The van der Waals surface area contributed by atoms with Gasteiger partial charge < -0.3 is 10.8 Å². The molecule has 0 aromatic heterocycles. The number of carboxylic acids is 1. The number of amides is 1. The van der Waals surface area contributed by atoms with Crippen LogP contribution in [0.1, 0.15) is 0 Å². The molecule has 5 N–H and O–H groups in total. The summed E-state index contributed by atoms with van der Waals surface area (Å²) in [5.41, 5.74) is 9.13. The van der Waals surface area contributed by atoms with E-state index < -0.39 is 11.9 Å². The van der Waals surface area contributed by atoms with Gasteiger partial charge in [0.25, 0.3) is 5.91 Å². The van der Waals surface area contributed by atoms with E-state index >= 15 is 0 Å². The molecule has 0 aromatic rings. The average molecular weight is 189 g/mol. The number of nitrogens with one attached hydrogen (secondary N) is 2. The van der Waals surface area contributed by atoms with Gasteiger partial charge in [0.2, 0.25) is 0 Å². The first-order chi connectivity index (χ1) is 5.52. The number of aliphatic carboxylic acids is 1. The van der Waals surface area contributed by atoms with Gasteiger partial charge in [-0.05, 0) is 12.2 Å². The third kappa shape index (κ3) is 6.49. The zero-order valence-electron chi connectivity index (χ0n) is 5.90. The van der Waals surface area contributed by atoms with Gasteiger partial charge >= 0.3 is 5.97 Å². The summed E-state index contributed by atoms with van der Waals surface area (Å²) in [7, 11) is 0. The third-order valence-electron chi connectivity index (χ3n) is 0.686. The van der Waals surface area contributed by atoms with Crippen molar-refractivity contribution in [2.45, 2.75) is 0 Å². The molecule has 0 atom stereocenters. The van der Waals surface area contributed by atoms with E-state index in [2.05, 4.69) is 17.6 Å². The largest absolute Gasteiger partial charge is 0.478 e. The van der Waals surface area contributed by atoms with E-state index in [1.54, 1.807) is 0 Å². The Morgan fingerprint density at radius 2 is 1.92 bits per heavy atom. The molecule has 7 heteroatoms. The molecular weight excluding hydrogens is 182 g/mol. The van der Waals surface area contributed by atoms with Crippen molar-refractivity contribution in [1.82, 2.24) is 10.9 Å². The summed E-state index contributed by atoms with van der Waals surface area (Å²) in [4.78, 5) is 20.5. The molecule has 0 aliphatic carbocycles. The van der Waals surface area contributed by atoms with Gasteiger partial charge in [0.05, 0.1) is 0 Å². The third-order valence-corrected chi connectivity index (χ3v) is 0.788. The summed E-state index contributed by atoms with van der Waals surface area (Å²) in [5, 5.41) is 8.00. The molecule has 0 saturated carbocycles. The first-order valence-electron chi connectivity index (χ1n) is 2.79. The number of nitrogens with two attached hydrogens (primary N) is 1. The molecule has 0 radical (unpaired) electrons. The van der Waals surface area contributed by atoms with Crippen molar-refractivity contribution >= 4 is 29.2 Å². The van der Waals surface area contributed by atoms with Crippen LogP contribution in [0.2, 0.25) is 0 Å². The zero-order chi connectivity index (χ0) is 9.56. The summed E-state index contributed by atoms with van der Waals surface area (Å²) in [6.45, 7) is 0. The summed E-state index contributed by atoms with van der Waals surface area (Å²) in [6, 6.07) is 0. The molecule has 6 nitrogen and oxygen atoms in total. The summed E-state index contributed by atoms with van der Waals surface area (Å²) >= 11 is 4.36. The van der Waals surface area contributed by atoms with Crippen molar-refractivity contribution in [3.63, 3.8) is 0 Å². The Hall–Kier alpha value is -1.63. The molecule has 0 aromatic carbocycles. The summed E-state index contributed by atoms with van der Waals surface area (Å²) in [5.74, 6) is -1.86. The maximum Gasteiger partial charge on any atom is 0.328 e. The van der Waals surface area contributed by atoms with Gasteiger partial charge in [-0.15, -0.1) is 0 Å². The highest BCUT2D eigenvalue weighted by Crippen LogP contribution is 1.71. The predicted octanol–water partition coefficient (Wildman–Crippen LogP) is -1.51. The first kappa shape index (κ1) is 10.4. The van der Waals surface area contributed by atoms with E-state index in [1.807, 2.05) is 5.43 Å². The lowest BCUT2D eigenvalue weighted by Crippen LogP contribution is -2.43. The number of hydrazine groups is 1. The van der Waals surface area contributed by atoms with Crippen LogP contribution in [-0.2, 0) is 9.59 Å². The van der Waals surface area contributed by atoms with Crippen LogP contribution in [0.25, 0.3) is 0 Å². The Balaban J connectivity index is 3.75. The quantitative estimate of drug-likeness (QED) is 0.239. The normalized spacial score (nSPS) is 9.33. The minimum atomic E-state index is -1.21. The van der Waals surface area contributed by atoms with E-state index in [-0.39, 0.29) is 5.11 Å². The molecule has 0 aliphatic heterocycles. The second-order valence-corrected chi connectivity index (χ2v) is 2.09. The Morgan fingerprint density at radius 1 is 1.33 bits per heavy atom. The number of hydrogen-bond donors (Lipinski definition) is 4. The fourth-order valence-electron chi connectivity index (χ4n) is 0.312. The fraction of sp³-hybridized carbons (Fsp3) is 0. The molecule has 66 valence electrons. The van der Waals surface area contributed by atoms with Gasteiger partial charge in [0.15, 0.2) is 5.11 Å². The highest BCUT2D eigenvalue weighted by atomic mass is 32.1. The lowest BCUT2D eigenvalue weighted by molar-refractivity contribution is -0.131. The number of rotatable bonds is 2. The van der Waals surface area contributed by atoms with Crippen molar-refractivity contribution in [2.24, 2.45) is 5.73 Å². The molecule has 1 amide bonds. The predicted molar refractivity (Wildman–Crippen MR) is 44.8 cm³/mol. The van der Waals surface area contributed by atoms with E-state index in [4.69, 9.17) is 10.8 Å². The second-order valence-electron chi connectivity index (χ2n) is 1.65. The summed E-state index contributed by atoms with van der Waals surface area (Å²) < 4.78 is 0. The SMILES string of the molecule is NC(=S)NNC(=O)/C=C\C(=O)O. The Morgan fingerprint density at radius 3 is 2.33 bits per heavy atom. The van der Waals surface area contributed by atoms with Crippen molar-refractivity contribution in [2.75, 3.05) is 0 Å². The van der Waals surface area contributed by atoms with Crippen LogP contribution in [0.15, 0.2) is 12.2 Å². The number of carbonyl (C=O) groups is 2. The van der Waals surface area contributed by atoms with Gasteiger partial charge in [-0.1, -0.05) is 0 Å². The number of hydrogen-bond acceptors (Lipinski definition) is 3. The zero-order valence-corrected chi connectivity index (χ0v) is 6.72. The number of thiocarbonyl (C=S) groups is 1. The lowest BCUT2D eigenvalue weighted by Gasteiger charge is -2.01. The molecule has 0 aliphatic rings. The smallest absolute Gasteiger partial charge is 0.328 e. The molecule has 0 fully saturated rings. The maximum atomic E-state index is 10.6. The molecule has 12 heavy (non-hydrogen) atoms. The second kappa shape index (κ2) is 5.08. The minimum absolute atomic E-state index is 0.105. The van der Waals surface area contributed by atoms with Crippen LogP contribution >= 0.6 is 12.2 Å². The molecule has 0 bridgehead atoms. The lowest BCUT2D eigenvalue weighted by atomic mass is 10.5. The first-order valence-corrected chi connectivity index (χ1v) is 3.19. The van der Waals surface area contributed by atoms with Crippen molar-refractivity contribution < 1.29 is 14.7 Å². The monoisotopic (exact) mass is 189 g/mol. The topological polar surface area (TPSA) is 104 Å². The average Bonchev–Trinajstić information content (AvgIpc) is 1.96. The van der Waals surface area contributed by atoms with Crippen LogP contribution in [0, 0.1) is 0 Å². The van der Waals surface area contributed by atoms with Gasteiger partial charge in [-0.2, -0.15) is 0 Å². The molecule has 0 heterocycles. The number of carbonyl (C=O) groups excluding carboxylic acids is 1. The molecule has 0 saturated heterocycles. The Labute approximate surface area is 73.4 Å². The highest BCUT2D eigenvalue weighted by molar-refractivity contribution is 7.80. The molecule has 0 unspecified atom stereocenters. The van der Waals surface area contributed by atoms with Crippen molar-refractivity contribution in [3.05, 3.63) is 12.2 Å². The standard InChI is InChI=1S/C5H7N3O3S/c6-5(12)8-7-3(9)1-2-4(10)11/h1-2H,(H,7,9)(H,10,11)(H3,6,8,12)/b2-1-. The van der Waals surface area contributed by atoms with Crippen LogP contribution in [0.4, 0.5) is 0 Å². The molecule has 0 rings (SSSR count). The van der Waals surface area contributed by atoms with Crippen molar-refractivity contribution in [3.8, 4) is 0 Å². The van der Waals surface area contributed by atoms with E-state index in [0.29, 0.717) is 6.08 Å². The maximum absolute atomic E-state index is 10.6. The van der Waals surface area contributed by atoms with E-state index in [1.165, 1.54) is 0 Å².